The lowest BCUT2D eigenvalue weighted by atomic mass is 10.0. The van der Waals surface area contributed by atoms with Crippen molar-refractivity contribution in [1.29, 1.82) is 5.26 Å². The molecule has 144 valence electrons. The average Bonchev–Trinajstić information content (AvgIpc) is 2.77. The topological polar surface area (TPSA) is 62.6 Å². The molecule has 1 aliphatic heterocycles. The van der Waals surface area contributed by atoms with Gasteiger partial charge in [0.1, 0.15) is 18.1 Å². The van der Waals surface area contributed by atoms with E-state index in [1.807, 2.05) is 60.7 Å². The predicted octanol–water partition coefficient (Wildman–Crippen LogP) is 4.76. The molecule has 0 aromatic heterocycles. The molecule has 0 radical (unpaired) electrons. The van der Waals surface area contributed by atoms with Gasteiger partial charge in [-0.05, 0) is 35.9 Å². The number of hydrogen-bond acceptors (Lipinski definition) is 4. The molecule has 0 aliphatic carbocycles. The number of amides is 1. The zero-order valence-electron chi connectivity index (χ0n) is 15.4. The molecule has 4 rings (SSSR count). The van der Waals surface area contributed by atoms with Crippen LogP contribution >= 0.6 is 11.6 Å². The zero-order chi connectivity index (χ0) is 20.2. The van der Waals surface area contributed by atoms with Crippen molar-refractivity contribution in [2.45, 2.75) is 6.04 Å². The molecule has 3 aromatic carbocycles. The Labute approximate surface area is 173 Å². The van der Waals surface area contributed by atoms with E-state index < -0.39 is 0 Å². The third-order valence-electron chi connectivity index (χ3n) is 4.70. The highest BCUT2D eigenvalue weighted by atomic mass is 35.5. The Hall–Kier alpha value is -3.49. The van der Waals surface area contributed by atoms with Gasteiger partial charge < -0.3 is 9.47 Å². The molecule has 0 spiro atoms. The van der Waals surface area contributed by atoms with E-state index in [1.54, 1.807) is 17.0 Å². The van der Waals surface area contributed by atoms with E-state index in [0.717, 1.165) is 5.56 Å². The largest absolute Gasteiger partial charge is 0.489 e. The van der Waals surface area contributed by atoms with Crippen molar-refractivity contribution in [3.8, 4) is 17.6 Å². The lowest BCUT2D eigenvalue weighted by Gasteiger charge is -2.37. The summed E-state index contributed by atoms with van der Waals surface area (Å²) in [5, 5.41) is 9.24. The molecule has 0 saturated carbocycles. The number of para-hydroxylation sites is 2. The van der Waals surface area contributed by atoms with E-state index in [9.17, 15) is 4.79 Å². The Bertz CT molecular complexity index is 1080. The van der Waals surface area contributed by atoms with Gasteiger partial charge in [0.25, 0.3) is 5.91 Å². The normalized spacial score (nSPS) is 15.0. The van der Waals surface area contributed by atoms with Crippen LogP contribution in [-0.2, 0) is 4.79 Å². The Morgan fingerprint density at radius 3 is 2.66 bits per heavy atom. The molecule has 3 aromatic rings. The molecule has 1 amide bonds. The van der Waals surface area contributed by atoms with Gasteiger partial charge in [0, 0.05) is 0 Å². The van der Waals surface area contributed by atoms with Crippen LogP contribution < -0.4 is 14.4 Å². The first-order valence-electron chi connectivity index (χ1n) is 9.08. The lowest BCUT2D eigenvalue weighted by Crippen LogP contribution is -2.43. The second-order valence-corrected chi connectivity index (χ2v) is 6.92. The van der Waals surface area contributed by atoms with Gasteiger partial charge in [-0.25, -0.2) is 0 Å². The van der Waals surface area contributed by atoms with Gasteiger partial charge in [0.2, 0.25) is 0 Å². The third-order valence-corrected chi connectivity index (χ3v) is 4.99. The third kappa shape index (κ3) is 3.89. The molecule has 0 saturated heterocycles. The number of ether oxygens (including phenoxy) is 2. The number of halogens is 1. The number of rotatable bonds is 4. The standard InChI is InChI=1S/C23H17ClN2O3/c24-18-12-16(13-25)10-11-21(18)29-15-23(27)26-19-8-4-5-9-22(19)28-14-20(26)17-6-2-1-3-7-17/h1-12,20H,14-15H2. The molecule has 1 heterocycles. The minimum absolute atomic E-state index is 0.191. The summed E-state index contributed by atoms with van der Waals surface area (Å²) in [6.07, 6.45) is 0. The summed E-state index contributed by atoms with van der Waals surface area (Å²) in [5.41, 5.74) is 2.11. The molecule has 29 heavy (non-hydrogen) atoms. The molecule has 1 unspecified atom stereocenters. The average molecular weight is 405 g/mol. The van der Waals surface area contributed by atoms with E-state index in [0.29, 0.717) is 34.4 Å². The van der Waals surface area contributed by atoms with Crippen molar-refractivity contribution < 1.29 is 14.3 Å². The van der Waals surface area contributed by atoms with Crippen LogP contribution in [0.2, 0.25) is 5.02 Å². The maximum atomic E-state index is 13.2. The minimum Gasteiger partial charge on any atom is -0.489 e. The highest BCUT2D eigenvalue weighted by Crippen LogP contribution is 2.39. The van der Waals surface area contributed by atoms with Crippen LogP contribution in [0.15, 0.2) is 72.8 Å². The number of fused-ring (bicyclic) bond motifs is 1. The number of carbonyl (C=O) groups is 1. The van der Waals surface area contributed by atoms with E-state index in [2.05, 4.69) is 0 Å². The highest BCUT2D eigenvalue weighted by molar-refractivity contribution is 6.32. The fourth-order valence-corrected chi connectivity index (χ4v) is 3.55. The summed E-state index contributed by atoms with van der Waals surface area (Å²) in [5.74, 6) is 0.802. The van der Waals surface area contributed by atoms with Crippen LogP contribution in [-0.4, -0.2) is 19.1 Å². The lowest BCUT2D eigenvalue weighted by molar-refractivity contribution is -0.121. The quantitative estimate of drug-likeness (QED) is 0.629. The van der Waals surface area contributed by atoms with E-state index in [1.165, 1.54) is 6.07 Å². The first-order chi connectivity index (χ1) is 14.2. The van der Waals surface area contributed by atoms with Gasteiger partial charge in [-0.2, -0.15) is 5.26 Å². The number of nitrogens with zero attached hydrogens (tertiary/aromatic N) is 2. The van der Waals surface area contributed by atoms with Crippen molar-refractivity contribution in [2.24, 2.45) is 0 Å². The molecular formula is C23H17ClN2O3. The van der Waals surface area contributed by atoms with E-state index in [-0.39, 0.29) is 18.6 Å². The highest BCUT2D eigenvalue weighted by Gasteiger charge is 2.33. The summed E-state index contributed by atoms with van der Waals surface area (Å²) in [7, 11) is 0. The van der Waals surface area contributed by atoms with Crippen molar-refractivity contribution in [3.63, 3.8) is 0 Å². The maximum Gasteiger partial charge on any atom is 0.265 e. The van der Waals surface area contributed by atoms with Gasteiger partial charge in [0.05, 0.1) is 28.4 Å². The molecule has 0 fully saturated rings. The van der Waals surface area contributed by atoms with Crippen LogP contribution in [0.25, 0.3) is 0 Å². The van der Waals surface area contributed by atoms with Crippen molar-refractivity contribution in [1.82, 2.24) is 0 Å². The van der Waals surface area contributed by atoms with E-state index in [4.69, 9.17) is 26.3 Å². The van der Waals surface area contributed by atoms with Crippen LogP contribution in [0.5, 0.6) is 11.5 Å². The summed E-state index contributed by atoms with van der Waals surface area (Å²) in [6, 6.07) is 23.7. The van der Waals surface area contributed by atoms with Crippen LogP contribution in [0.1, 0.15) is 17.2 Å². The Balaban J connectivity index is 1.61. The number of carbonyl (C=O) groups excluding carboxylic acids is 1. The maximum absolute atomic E-state index is 13.2. The number of benzene rings is 3. The first-order valence-corrected chi connectivity index (χ1v) is 9.46. The predicted molar refractivity (Wildman–Crippen MR) is 110 cm³/mol. The number of nitriles is 1. The van der Waals surface area contributed by atoms with Crippen LogP contribution in [0, 0.1) is 11.3 Å². The van der Waals surface area contributed by atoms with Gasteiger partial charge in [0.15, 0.2) is 6.61 Å². The van der Waals surface area contributed by atoms with Crippen molar-refractivity contribution >= 4 is 23.2 Å². The van der Waals surface area contributed by atoms with Gasteiger partial charge in [-0.15, -0.1) is 0 Å². The van der Waals surface area contributed by atoms with Crippen LogP contribution in [0.3, 0.4) is 0 Å². The summed E-state index contributed by atoms with van der Waals surface area (Å²) in [4.78, 5) is 14.9. The zero-order valence-corrected chi connectivity index (χ0v) is 16.2. The summed E-state index contributed by atoms with van der Waals surface area (Å²) in [6.45, 7) is 0.160. The molecule has 5 nitrogen and oxygen atoms in total. The summed E-state index contributed by atoms with van der Waals surface area (Å²) >= 11 is 6.16. The fourth-order valence-electron chi connectivity index (χ4n) is 3.31. The molecule has 1 aliphatic rings. The van der Waals surface area contributed by atoms with Crippen molar-refractivity contribution in [2.75, 3.05) is 18.1 Å². The number of anilines is 1. The molecule has 0 N–H and O–H groups in total. The second kappa shape index (κ2) is 8.26. The van der Waals surface area contributed by atoms with Gasteiger partial charge in [-0.3, -0.25) is 9.69 Å². The molecular weight excluding hydrogens is 388 g/mol. The number of hydrogen-bond donors (Lipinski definition) is 0. The summed E-state index contributed by atoms with van der Waals surface area (Å²) < 4.78 is 11.6. The fraction of sp³-hybridized carbons (Fsp3) is 0.130. The molecule has 1 atom stereocenters. The molecule has 6 heteroatoms. The Kier molecular flexibility index (Phi) is 5.37. The Morgan fingerprint density at radius 1 is 1.14 bits per heavy atom. The smallest absolute Gasteiger partial charge is 0.265 e. The SMILES string of the molecule is N#Cc1ccc(OCC(=O)N2c3ccccc3OCC2c2ccccc2)c(Cl)c1. The van der Waals surface area contributed by atoms with E-state index >= 15 is 0 Å². The minimum atomic E-state index is -0.265. The van der Waals surface area contributed by atoms with Gasteiger partial charge in [-0.1, -0.05) is 54.1 Å². The van der Waals surface area contributed by atoms with Gasteiger partial charge >= 0.3 is 0 Å². The molecule has 0 bridgehead atoms. The monoisotopic (exact) mass is 404 g/mol. The second-order valence-electron chi connectivity index (χ2n) is 6.51. The van der Waals surface area contributed by atoms with Crippen LogP contribution in [0.4, 0.5) is 5.69 Å². The van der Waals surface area contributed by atoms with Crippen molar-refractivity contribution in [3.05, 3.63) is 88.9 Å². The Morgan fingerprint density at radius 2 is 1.90 bits per heavy atom. The first kappa shape index (κ1) is 18.9.